The summed E-state index contributed by atoms with van der Waals surface area (Å²) in [5.41, 5.74) is 4.13. The van der Waals surface area contributed by atoms with Crippen molar-refractivity contribution >= 4 is 33.3 Å². The Hall–Kier alpha value is -3.19. The first-order valence-corrected chi connectivity index (χ1v) is 12.3. The van der Waals surface area contributed by atoms with E-state index < -0.39 is 24.2 Å². The fourth-order valence-electron chi connectivity index (χ4n) is 4.46. The third kappa shape index (κ3) is 4.69. The molecule has 0 unspecified atom stereocenters. The van der Waals surface area contributed by atoms with E-state index in [1.54, 1.807) is 18.7 Å². The van der Waals surface area contributed by atoms with E-state index in [2.05, 4.69) is 30.6 Å². The summed E-state index contributed by atoms with van der Waals surface area (Å²) in [4.78, 5) is 25.7. The molecule has 6 N–H and O–H groups in total. The number of aryl methyl sites for hydroxylation is 2. The highest BCUT2D eigenvalue weighted by atomic mass is 32.1. The Morgan fingerprint density at radius 3 is 2.71 bits per heavy atom. The van der Waals surface area contributed by atoms with Crippen LogP contribution in [0.4, 0.5) is 11.8 Å². The average Bonchev–Trinajstić information content (AvgIpc) is 3.56. The van der Waals surface area contributed by atoms with Gasteiger partial charge in [-0.25, -0.2) is 15.0 Å². The molecule has 0 saturated heterocycles. The Morgan fingerprint density at radius 1 is 1.14 bits per heavy atom. The predicted octanol–water partition coefficient (Wildman–Crippen LogP) is 1.66. The highest BCUT2D eigenvalue weighted by Crippen LogP contribution is 2.38. The molecule has 0 aromatic carbocycles. The minimum atomic E-state index is -1.03. The van der Waals surface area contributed by atoms with Crippen molar-refractivity contribution in [3.8, 4) is 10.6 Å². The van der Waals surface area contributed by atoms with E-state index in [4.69, 9.17) is 9.97 Å². The minimum Gasteiger partial charge on any atom is -0.396 e. The lowest BCUT2D eigenvalue weighted by Gasteiger charge is -2.21. The molecule has 184 valence electrons. The molecule has 0 bridgehead atoms. The highest BCUT2D eigenvalue weighted by Gasteiger charge is 2.41. The summed E-state index contributed by atoms with van der Waals surface area (Å²) in [6, 6.07) is 1.45. The summed E-state index contributed by atoms with van der Waals surface area (Å²) in [5, 5.41) is 37.8. The molecule has 4 atom stereocenters. The van der Waals surface area contributed by atoms with Gasteiger partial charge in [-0.2, -0.15) is 4.98 Å². The standard InChI is InChI=1S/C23H28N8O3S/c1-11-17(22-30-18-12(2)25-6-4-16(18)35-22)21(29-15-7-13(9-32)19(33)20(15)34)31-23(28-11)26-5-3-14-8-24-10-27-14/h4,6,8,10,13,15,19-20,32-34H,3,5,7,9H2,1-2H3,(H,24,27)(H2,26,28,29,31)/t13-,15-,19-,20+/m1/s1. The number of pyridine rings is 1. The van der Waals surface area contributed by atoms with Crippen LogP contribution in [0.1, 0.15) is 23.5 Å². The summed E-state index contributed by atoms with van der Waals surface area (Å²) >= 11 is 1.52. The van der Waals surface area contributed by atoms with Gasteiger partial charge in [-0.3, -0.25) is 4.98 Å². The van der Waals surface area contributed by atoms with E-state index in [0.29, 0.717) is 24.7 Å². The van der Waals surface area contributed by atoms with Gasteiger partial charge >= 0.3 is 0 Å². The lowest BCUT2D eigenvalue weighted by atomic mass is 10.1. The number of aliphatic hydroxyl groups is 3. The van der Waals surface area contributed by atoms with Crippen LogP contribution in [0.5, 0.6) is 0 Å². The average molecular weight is 497 g/mol. The second kappa shape index (κ2) is 9.82. The fourth-order valence-corrected chi connectivity index (χ4v) is 5.57. The number of nitrogens with one attached hydrogen (secondary N) is 3. The van der Waals surface area contributed by atoms with Gasteiger partial charge in [-0.15, -0.1) is 11.3 Å². The predicted molar refractivity (Wildman–Crippen MR) is 133 cm³/mol. The normalized spacial score (nSPS) is 22.1. The van der Waals surface area contributed by atoms with E-state index >= 15 is 0 Å². The van der Waals surface area contributed by atoms with E-state index in [-0.39, 0.29) is 6.61 Å². The number of H-pyrrole nitrogens is 1. The summed E-state index contributed by atoms with van der Waals surface area (Å²) in [6.45, 7) is 4.22. The van der Waals surface area contributed by atoms with Crippen molar-refractivity contribution in [3.63, 3.8) is 0 Å². The van der Waals surface area contributed by atoms with Crippen LogP contribution in [0.15, 0.2) is 24.8 Å². The SMILES string of the molecule is Cc1nc(NCCc2cnc[nH]2)nc(N[C@@H]2C[C@H](CO)[C@@H](O)[C@H]2O)c1-c1nc2c(C)nccc2s1. The molecule has 1 aliphatic rings. The molecule has 0 spiro atoms. The molecule has 4 aromatic rings. The number of fused-ring (bicyclic) bond motifs is 1. The third-order valence-corrected chi connectivity index (χ3v) is 7.42. The Balaban J connectivity index is 1.49. The summed E-state index contributed by atoms with van der Waals surface area (Å²) < 4.78 is 1.01. The summed E-state index contributed by atoms with van der Waals surface area (Å²) in [6.07, 6.45) is 4.28. The zero-order chi connectivity index (χ0) is 24.5. The van der Waals surface area contributed by atoms with Gasteiger partial charge in [0.1, 0.15) is 22.4 Å². The van der Waals surface area contributed by atoms with Crippen molar-refractivity contribution < 1.29 is 15.3 Å². The first kappa shape index (κ1) is 23.5. The Bertz CT molecular complexity index is 1310. The maximum Gasteiger partial charge on any atom is 0.224 e. The van der Waals surface area contributed by atoms with Crippen molar-refractivity contribution in [2.75, 3.05) is 23.8 Å². The van der Waals surface area contributed by atoms with E-state index in [0.717, 1.165) is 44.3 Å². The van der Waals surface area contributed by atoms with Crippen molar-refractivity contribution in [1.82, 2.24) is 29.9 Å². The second-order valence-corrected chi connectivity index (χ2v) is 9.81. The monoisotopic (exact) mass is 496 g/mol. The molecule has 11 nitrogen and oxygen atoms in total. The van der Waals surface area contributed by atoms with Crippen molar-refractivity contribution in [3.05, 3.63) is 41.9 Å². The molecule has 1 fully saturated rings. The Morgan fingerprint density at radius 2 is 2.00 bits per heavy atom. The van der Waals surface area contributed by atoms with Gasteiger partial charge in [-0.1, -0.05) is 0 Å². The topological polar surface area (TPSA) is 165 Å². The van der Waals surface area contributed by atoms with Crippen LogP contribution >= 0.6 is 11.3 Å². The number of aliphatic hydroxyl groups excluding tert-OH is 3. The molecule has 0 amide bonds. The number of nitrogens with zero attached hydrogens (tertiary/aromatic N) is 5. The van der Waals surface area contributed by atoms with Crippen molar-refractivity contribution in [2.24, 2.45) is 5.92 Å². The Labute approximate surface area is 205 Å². The van der Waals surface area contributed by atoms with Gasteiger partial charge in [0.2, 0.25) is 5.95 Å². The van der Waals surface area contributed by atoms with E-state index in [1.165, 1.54) is 11.3 Å². The third-order valence-electron chi connectivity index (χ3n) is 6.38. The van der Waals surface area contributed by atoms with Crippen molar-refractivity contribution in [2.45, 2.75) is 44.9 Å². The molecular formula is C23H28N8O3S. The number of hydrogen-bond acceptors (Lipinski definition) is 11. The molecule has 4 heterocycles. The number of thiazole rings is 1. The minimum absolute atomic E-state index is 0.198. The van der Waals surface area contributed by atoms with Crippen LogP contribution in [0.3, 0.4) is 0 Å². The molecule has 1 saturated carbocycles. The van der Waals surface area contributed by atoms with Crippen LogP contribution < -0.4 is 10.6 Å². The second-order valence-electron chi connectivity index (χ2n) is 8.78. The molecule has 4 aromatic heterocycles. The number of aromatic amines is 1. The molecule has 0 aliphatic heterocycles. The molecule has 1 aliphatic carbocycles. The number of anilines is 2. The quantitative estimate of drug-likeness (QED) is 0.211. The number of rotatable bonds is 8. The smallest absolute Gasteiger partial charge is 0.224 e. The van der Waals surface area contributed by atoms with E-state index in [1.807, 2.05) is 19.9 Å². The van der Waals surface area contributed by atoms with Gasteiger partial charge in [-0.05, 0) is 26.3 Å². The molecular weight excluding hydrogens is 468 g/mol. The van der Waals surface area contributed by atoms with Crippen LogP contribution in [0, 0.1) is 19.8 Å². The van der Waals surface area contributed by atoms with Gasteiger partial charge in [0.15, 0.2) is 0 Å². The largest absolute Gasteiger partial charge is 0.396 e. The zero-order valence-electron chi connectivity index (χ0n) is 19.4. The lowest BCUT2D eigenvalue weighted by molar-refractivity contribution is 0.00446. The maximum absolute atomic E-state index is 10.6. The summed E-state index contributed by atoms with van der Waals surface area (Å²) in [5.74, 6) is 0.553. The molecule has 35 heavy (non-hydrogen) atoms. The first-order valence-electron chi connectivity index (χ1n) is 11.5. The highest BCUT2D eigenvalue weighted by molar-refractivity contribution is 7.21. The molecule has 5 rings (SSSR count). The molecule has 0 radical (unpaired) electrons. The number of imidazole rings is 1. The van der Waals surface area contributed by atoms with Crippen molar-refractivity contribution in [1.29, 1.82) is 0 Å². The molecule has 12 heteroatoms. The zero-order valence-corrected chi connectivity index (χ0v) is 20.2. The first-order chi connectivity index (χ1) is 16.9. The van der Waals surface area contributed by atoms with Gasteiger partial charge < -0.3 is 30.9 Å². The Kier molecular flexibility index (Phi) is 6.60. The lowest BCUT2D eigenvalue weighted by Crippen LogP contribution is -2.35. The van der Waals surface area contributed by atoms with Crippen LogP contribution in [-0.4, -0.2) is 76.6 Å². The number of hydrogen-bond donors (Lipinski definition) is 6. The van der Waals surface area contributed by atoms with Gasteiger partial charge in [0, 0.05) is 43.6 Å². The van der Waals surface area contributed by atoms with Crippen LogP contribution in [0.25, 0.3) is 20.8 Å². The van der Waals surface area contributed by atoms with Gasteiger partial charge in [0.25, 0.3) is 0 Å². The maximum atomic E-state index is 10.6. The number of aromatic nitrogens is 6. The van der Waals surface area contributed by atoms with Gasteiger partial charge in [0.05, 0.1) is 40.1 Å². The fraction of sp³-hybridized carbons (Fsp3) is 0.435. The van der Waals surface area contributed by atoms with E-state index in [9.17, 15) is 15.3 Å². The van der Waals surface area contributed by atoms with Crippen LogP contribution in [0.2, 0.25) is 0 Å². The van der Waals surface area contributed by atoms with Crippen LogP contribution in [-0.2, 0) is 6.42 Å². The summed E-state index contributed by atoms with van der Waals surface area (Å²) in [7, 11) is 0.